The molecule has 0 spiro atoms. The number of benzene rings is 2. The van der Waals surface area contributed by atoms with Crippen molar-refractivity contribution in [3.63, 3.8) is 0 Å². The summed E-state index contributed by atoms with van der Waals surface area (Å²) in [6.07, 6.45) is -0.281. The number of imidazole rings is 1. The number of nitrogens with two attached hydrogens (primary N) is 1. The number of ether oxygens (including phenoxy) is 1. The van der Waals surface area contributed by atoms with E-state index in [4.69, 9.17) is 15.5 Å². The molecule has 0 fully saturated rings. The number of guanidine groups is 1. The molecular weight excluding hydrogens is 364 g/mol. The quantitative estimate of drug-likeness (QED) is 0.562. The third-order valence-electron chi connectivity index (χ3n) is 5.42. The van der Waals surface area contributed by atoms with Gasteiger partial charge in [0.2, 0.25) is 5.95 Å². The first-order chi connectivity index (χ1) is 14.1. The van der Waals surface area contributed by atoms with Gasteiger partial charge in [-0.1, -0.05) is 12.1 Å². The molecule has 146 valence electrons. The highest BCUT2D eigenvalue weighted by Gasteiger charge is 2.28. The SMILES string of the molecule is COc1ccc(-n2c(C)cc(C3N=C(N)Nc4nc5ccccc5n43)c2C)cc1. The van der Waals surface area contributed by atoms with Crippen LogP contribution in [0, 0.1) is 13.8 Å². The maximum Gasteiger partial charge on any atom is 0.212 e. The van der Waals surface area contributed by atoms with Crippen LogP contribution in [-0.4, -0.2) is 27.2 Å². The van der Waals surface area contributed by atoms with Crippen molar-refractivity contribution in [2.24, 2.45) is 10.7 Å². The van der Waals surface area contributed by atoms with Crippen LogP contribution in [0.25, 0.3) is 16.7 Å². The van der Waals surface area contributed by atoms with Gasteiger partial charge in [-0.25, -0.2) is 9.98 Å². The first-order valence-electron chi connectivity index (χ1n) is 9.47. The lowest BCUT2D eigenvalue weighted by molar-refractivity contribution is 0.414. The molecule has 29 heavy (non-hydrogen) atoms. The molecule has 0 aliphatic carbocycles. The number of anilines is 1. The van der Waals surface area contributed by atoms with E-state index < -0.39 is 0 Å². The average molecular weight is 386 g/mol. The van der Waals surface area contributed by atoms with Crippen LogP contribution < -0.4 is 15.8 Å². The van der Waals surface area contributed by atoms with Crippen LogP contribution in [-0.2, 0) is 0 Å². The molecule has 0 radical (unpaired) electrons. The van der Waals surface area contributed by atoms with Crippen LogP contribution in [0.3, 0.4) is 0 Å². The lowest BCUT2D eigenvalue weighted by Gasteiger charge is -2.24. The maximum atomic E-state index is 6.10. The van der Waals surface area contributed by atoms with Crippen molar-refractivity contribution in [3.05, 3.63) is 71.5 Å². The molecule has 1 unspecified atom stereocenters. The molecule has 5 rings (SSSR count). The van der Waals surface area contributed by atoms with Crippen molar-refractivity contribution < 1.29 is 4.74 Å². The summed E-state index contributed by atoms with van der Waals surface area (Å²) in [4.78, 5) is 9.41. The van der Waals surface area contributed by atoms with E-state index >= 15 is 0 Å². The molecule has 7 nitrogen and oxygen atoms in total. The van der Waals surface area contributed by atoms with E-state index in [0.29, 0.717) is 11.9 Å². The van der Waals surface area contributed by atoms with Crippen LogP contribution in [0.1, 0.15) is 23.1 Å². The molecule has 0 saturated heterocycles. The second-order valence-corrected chi connectivity index (χ2v) is 7.17. The van der Waals surface area contributed by atoms with Crippen molar-refractivity contribution in [1.82, 2.24) is 14.1 Å². The fraction of sp³-hybridized carbons (Fsp3) is 0.182. The summed E-state index contributed by atoms with van der Waals surface area (Å²) >= 11 is 0. The Bertz CT molecular complexity index is 1250. The molecule has 3 N–H and O–H groups in total. The van der Waals surface area contributed by atoms with Crippen LogP contribution in [0.5, 0.6) is 5.75 Å². The van der Waals surface area contributed by atoms with Gasteiger partial charge in [-0.15, -0.1) is 0 Å². The van der Waals surface area contributed by atoms with E-state index in [2.05, 4.69) is 57.5 Å². The number of aliphatic imine (C=N–C) groups is 1. The van der Waals surface area contributed by atoms with E-state index in [1.54, 1.807) is 7.11 Å². The number of nitrogens with zero attached hydrogens (tertiary/aromatic N) is 4. The summed E-state index contributed by atoms with van der Waals surface area (Å²) in [7, 11) is 1.67. The number of fused-ring (bicyclic) bond motifs is 3. The van der Waals surface area contributed by atoms with Gasteiger partial charge < -0.3 is 15.0 Å². The van der Waals surface area contributed by atoms with E-state index in [0.717, 1.165) is 39.4 Å². The zero-order valence-corrected chi connectivity index (χ0v) is 16.5. The lowest BCUT2D eigenvalue weighted by atomic mass is 10.1. The van der Waals surface area contributed by atoms with Gasteiger partial charge >= 0.3 is 0 Å². The molecule has 2 aromatic carbocycles. The topological polar surface area (TPSA) is 82.4 Å². The summed E-state index contributed by atoms with van der Waals surface area (Å²) in [5, 5.41) is 3.09. The number of aromatic nitrogens is 3. The second kappa shape index (κ2) is 6.41. The molecule has 0 saturated carbocycles. The van der Waals surface area contributed by atoms with Crippen LogP contribution >= 0.6 is 0 Å². The van der Waals surface area contributed by atoms with Crippen molar-refractivity contribution >= 4 is 22.9 Å². The summed E-state index contributed by atoms with van der Waals surface area (Å²) in [6, 6.07) is 18.3. The molecule has 1 atom stereocenters. The van der Waals surface area contributed by atoms with E-state index in [1.165, 1.54) is 0 Å². The van der Waals surface area contributed by atoms with Gasteiger partial charge in [-0.3, -0.25) is 9.88 Å². The molecule has 0 bridgehead atoms. The smallest absolute Gasteiger partial charge is 0.212 e. The summed E-state index contributed by atoms with van der Waals surface area (Å²) in [5.41, 5.74) is 12.4. The van der Waals surface area contributed by atoms with Gasteiger partial charge in [-0.05, 0) is 56.3 Å². The fourth-order valence-corrected chi connectivity index (χ4v) is 4.10. The standard InChI is InChI=1S/C22H22N6O/c1-13-12-17(14(2)27(13)15-8-10-16(29-3)11-9-15)20-25-21(23)26-22-24-18-6-4-5-7-19(18)28(20)22/h4-12,20H,1-3H3,(H3,23,24,25,26). The van der Waals surface area contributed by atoms with Gasteiger partial charge in [-0.2, -0.15) is 0 Å². The van der Waals surface area contributed by atoms with E-state index in [9.17, 15) is 0 Å². The minimum Gasteiger partial charge on any atom is -0.497 e. The zero-order chi connectivity index (χ0) is 20.1. The Balaban J connectivity index is 1.68. The number of rotatable bonds is 3. The molecule has 7 heteroatoms. The molecule has 3 heterocycles. The second-order valence-electron chi connectivity index (χ2n) is 7.17. The lowest BCUT2D eigenvalue weighted by Crippen LogP contribution is -2.31. The first-order valence-corrected chi connectivity index (χ1v) is 9.47. The molecular formula is C22H22N6O. The Labute approximate surface area is 168 Å². The average Bonchev–Trinajstić information content (AvgIpc) is 3.24. The van der Waals surface area contributed by atoms with Crippen molar-refractivity contribution in [1.29, 1.82) is 0 Å². The van der Waals surface area contributed by atoms with Gasteiger partial charge in [0.25, 0.3) is 0 Å². The molecule has 1 aliphatic heterocycles. The van der Waals surface area contributed by atoms with Crippen LogP contribution in [0.15, 0.2) is 59.6 Å². The highest BCUT2D eigenvalue weighted by Crippen LogP contribution is 2.35. The Morgan fingerprint density at radius 2 is 1.83 bits per heavy atom. The Kier molecular flexibility index (Phi) is 3.84. The third-order valence-corrected chi connectivity index (χ3v) is 5.42. The van der Waals surface area contributed by atoms with Crippen molar-refractivity contribution in [2.45, 2.75) is 20.0 Å². The third kappa shape index (κ3) is 2.66. The highest BCUT2D eigenvalue weighted by atomic mass is 16.5. The normalized spacial score (nSPS) is 15.7. The number of methoxy groups -OCH3 is 1. The highest BCUT2D eigenvalue weighted by molar-refractivity contribution is 5.94. The Hall–Kier alpha value is -3.74. The largest absolute Gasteiger partial charge is 0.497 e. The minimum atomic E-state index is -0.281. The summed E-state index contributed by atoms with van der Waals surface area (Å²) in [5.74, 6) is 1.91. The van der Waals surface area contributed by atoms with Gasteiger partial charge in [0, 0.05) is 22.6 Å². The molecule has 0 amide bonds. The van der Waals surface area contributed by atoms with Crippen LogP contribution in [0.2, 0.25) is 0 Å². The number of aryl methyl sites for hydroxylation is 1. The monoisotopic (exact) mass is 386 g/mol. The Morgan fingerprint density at radius 1 is 1.07 bits per heavy atom. The number of nitrogens with one attached hydrogen (secondary N) is 1. The molecule has 1 aliphatic rings. The summed E-state index contributed by atoms with van der Waals surface area (Å²) in [6.45, 7) is 4.21. The van der Waals surface area contributed by atoms with Crippen molar-refractivity contribution in [3.8, 4) is 11.4 Å². The number of hydrogen-bond acceptors (Lipinski definition) is 5. The number of para-hydroxylation sites is 2. The molecule has 2 aromatic heterocycles. The van der Waals surface area contributed by atoms with Crippen molar-refractivity contribution in [2.75, 3.05) is 12.4 Å². The maximum absolute atomic E-state index is 6.10. The fourth-order valence-electron chi connectivity index (χ4n) is 4.10. The predicted molar refractivity (Wildman–Crippen MR) is 115 cm³/mol. The molecule has 4 aromatic rings. The van der Waals surface area contributed by atoms with Gasteiger partial charge in [0.05, 0.1) is 18.1 Å². The minimum absolute atomic E-state index is 0.281. The van der Waals surface area contributed by atoms with Crippen LogP contribution in [0.4, 0.5) is 5.95 Å². The van der Waals surface area contributed by atoms with Gasteiger partial charge in [0.15, 0.2) is 12.1 Å². The number of hydrogen-bond donors (Lipinski definition) is 2. The van der Waals surface area contributed by atoms with E-state index in [1.807, 2.05) is 30.3 Å². The zero-order valence-electron chi connectivity index (χ0n) is 16.5. The summed E-state index contributed by atoms with van der Waals surface area (Å²) < 4.78 is 9.62. The Morgan fingerprint density at radius 3 is 2.59 bits per heavy atom. The van der Waals surface area contributed by atoms with E-state index in [-0.39, 0.29) is 6.17 Å². The first kappa shape index (κ1) is 17.4. The predicted octanol–water partition coefficient (Wildman–Crippen LogP) is 3.74. The van der Waals surface area contributed by atoms with Gasteiger partial charge in [0.1, 0.15) is 5.75 Å².